The van der Waals surface area contributed by atoms with Crippen molar-refractivity contribution in [2.75, 3.05) is 0 Å². The maximum atomic E-state index is 4.87. The van der Waals surface area contributed by atoms with Gasteiger partial charge >= 0.3 is 0 Å². The second kappa shape index (κ2) is 6.29. The van der Waals surface area contributed by atoms with E-state index in [1.165, 1.54) is 16.3 Å². The Labute approximate surface area is 157 Å². The predicted octanol–water partition coefficient (Wildman–Crippen LogP) is 5.82. The van der Waals surface area contributed by atoms with Gasteiger partial charge < -0.3 is 0 Å². The number of pyridine rings is 1. The molecule has 27 heavy (non-hydrogen) atoms. The van der Waals surface area contributed by atoms with Crippen LogP contribution in [0.4, 0.5) is 0 Å². The van der Waals surface area contributed by atoms with E-state index in [1.807, 2.05) is 48.7 Å². The number of nitrogens with zero attached hydrogens (tertiary/aromatic N) is 3. The van der Waals surface area contributed by atoms with Crippen LogP contribution in [-0.2, 0) is 0 Å². The minimum atomic E-state index is 0.645. The van der Waals surface area contributed by atoms with Gasteiger partial charge in [0.15, 0.2) is 5.82 Å². The predicted molar refractivity (Wildman–Crippen MR) is 110 cm³/mol. The molecule has 0 aliphatic heterocycles. The number of aromatic nitrogens is 3. The van der Waals surface area contributed by atoms with Gasteiger partial charge in [0.25, 0.3) is 0 Å². The largest absolute Gasteiger partial charge is 0.244 e. The Balaban J connectivity index is 1.67. The highest BCUT2D eigenvalue weighted by Crippen LogP contribution is 2.30. The minimum absolute atomic E-state index is 0.645. The summed E-state index contributed by atoms with van der Waals surface area (Å²) < 4.78 is 0. The average Bonchev–Trinajstić information content (AvgIpc) is 2.74. The number of benzene rings is 3. The zero-order chi connectivity index (χ0) is 18.2. The molecule has 3 heteroatoms. The van der Waals surface area contributed by atoms with Crippen molar-refractivity contribution in [3.05, 3.63) is 90.6 Å². The van der Waals surface area contributed by atoms with Crippen molar-refractivity contribution in [1.29, 1.82) is 0 Å². The van der Waals surface area contributed by atoms with Crippen LogP contribution in [0.1, 0.15) is 5.56 Å². The normalized spacial score (nSPS) is 11.1. The Morgan fingerprint density at radius 2 is 1.41 bits per heavy atom. The van der Waals surface area contributed by atoms with Crippen LogP contribution >= 0.6 is 0 Å². The molecule has 2 heterocycles. The Morgan fingerprint density at radius 3 is 2.33 bits per heavy atom. The molecule has 0 saturated heterocycles. The van der Waals surface area contributed by atoms with Crippen LogP contribution in [-0.4, -0.2) is 15.0 Å². The van der Waals surface area contributed by atoms with Gasteiger partial charge in [0, 0.05) is 17.1 Å². The van der Waals surface area contributed by atoms with Crippen LogP contribution in [0, 0.1) is 6.92 Å². The first-order valence-corrected chi connectivity index (χ1v) is 8.97. The van der Waals surface area contributed by atoms with Gasteiger partial charge in [0.1, 0.15) is 5.69 Å². The lowest BCUT2D eigenvalue weighted by atomic mass is 9.98. The number of hydrogen-bond donors (Lipinski definition) is 0. The van der Waals surface area contributed by atoms with E-state index in [4.69, 9.17) is 4.98 Å². The standard InChI is InChI=1S/C24H17N3/c1-16-13-14-20(19-9-4-3-8-18(16)19)22-11-6-12-23(26-22)24-25-15-17-7-2-5-10-21(17)27-24/h2-15H,1H3. The molecule has 0 radical (unpaired) electrons. The third kappa shape index (κ3) is 2.74. The maximum Gasteiger partial charge on any atom is 0.178 e. The lowest BCUT2D eigenvalue weighted by molar-refractivity contribution is 1.18. The second-order valence-electron chi connectivity index (χ2n) is 6.64. The number of aryl methyl sites for hydroxylation is 1. The van der Waals surface area contributed by atoms with Crippen molar-refractivity contribution in [3.8, 4) is 22.8 Å². The van der Waals surface area contributed by atoms with Gasteiger partial charge in [-0.3, -0.25) is 0 Å². The van der Waals surface area contributed by atoms with E-state index < -0.39 is 0 Å². The van der Waals surface area contributed by atoms with Gasteiger partial charge in [-0.25, -0.2) is 15.0 Å². The summed E-state index contributed by atoms with van der Waals surface area (Å²) in [5.74, 6) is 0.645. The van der Waals surface area contributed by atoms with E-state index in [-0.39, 0.29) is 0 Å². The first-order valence-electron chi connectivity index (χ1n) is 8.97. The van der Waals surface area contributed by atoms with Crippen LogP contribution in [0.2, 0.25) is 0 Å². The van der Waals surface area contributed by atoms with Crippen LogP contribution in [0.25, 0.3) is 44.5 Å². The molecule has 3 nitrogen and oxygen atoms in total. The first kappa shape index (κ1) is 15.6. The fourth-order valence-electron chi connectivity index (χ4n) is 3.48. The van der Waals surface area contributed by atoms with E-state index in [1.54, 1.807) is 0 Å². The summed E-state index contributed by atoms with van der Waals surface area (Å²) in [4.78, 5) is 14.1. The molecule has 0 atom stereocenters. The molecule has 0 bridgehead atoms. The summed E-state index contributed by atoms with van der Waals surface area (Å²) in [6, 6.07) is 26.8. The third-order valence-electron chi connectivity index (χ3n) is 4.89. The monoisotopic (exact) mass is 347 g/mol. The van der Waals surface area contributed by atoms with Crippen molar-refractivity contribution in [1.82, 2.24) is 15.0 Å². The molecule has 0 fully saturated rings. The zero-order valence-corrected chi connectivity index (χ0v) is 14.9. The van der Waals surface area contributed by atoms with Crippen molar-refractivity contribution in [3.63, 3.8) is 0 Å². The molecule has 0 aliphatic rings. The minimum Gasteiger partial charge on any atom is -0.244 e. The molecule has 0 unspecified atom stereocenters. The second-order valence-corrected chi connectivity index (χ2v) is 6.64. The number of hydrogen-bond acceptors (Lipinski definition) is 3. The van der Waals surface area contributed by atoms with Gasteiger partial charge in [-0.15, -0.1) is 0 Å². The molecule has 0 saturated carbocycles. The zero-order valence-electron chi connectivity index (χ0n) is 14.9. The fraction of sp³-hybridized carbons (Fsp3) is 0.0417. The molecule has 5 rings (SSSR count). The molecular weight excluding hydrogens is 330 g/mol. The Bertz CT molecular complexity index is 1290. The first-order chi connectivity index (χ1) is 13.3. The van der Waals surface area contributed by atoms with Crippen LogP contribution in [0.5, 0.6) is 0 Å². The molecule has 0 aliphatic carbocycles. The molecule has 0 spiro atoms. The summed E-state index contributed by atoms with van der Waals surface area (Å²) in [6.45, 7) is 2.14. The van der Waals surface area contributed by atoms with E-state index >= 15 is 0 Å². The SMILES string of the molecule is Cc1ccc(-c2cccc(-c3ncc4ccccc4n3)n2)c2ccccc12. The average molecular weight is 347 g/mol. The number of para-hydroxylation sites is 1. The van der Waals surface area contributed by atoms with E-state index in [0.29, 0.717) is 5.82 Å². The van der Waals surface area contributed by atoms with E-state index in [0.717, 1.165) is 27.9 Å². The molecular formula is C24H17N3. The topological polar surface area (TPSA) is 38.7 Å². The van der Waals surface area contributed by atoms with Gasteiger partial charge in [-0.2, -0.15) is 0 Å². The highest BCUT2D eigenvalue weighted by molar-refractivity contribution is 5.97. The Kier molecular flexibility index (Phi) is 3.65. The van der Waals surface area contributed by atoms with Crippen molar-refractivity contribution < 1.29 is 0 Å². The lowest BCUT2D eigenvalue weighted by Gasteiger charge is -2.10. The summed E-state index contributed by atoms with van der Waals surface area (Å²) >= 11 is 0. The molecule has 3 aromatic carbocycles. The molecule has 2 aromatic heterocycles. The quantitative estimate of drug-likeness (QED) is 0.404. The highest BCUT2D eigenvalue weighted by Gasteiger charge is 2.10. The van der Waals surface area contributed by atoms with Crippen molar-refractivity contribution in [2.45, 2.75) is 6.92 Å². The molecule has 5 aromatic rings. The van der Waals surface area contributed by atoms with Crippen LogP contribution < -0.4 is 0 Å². The number of rotatable bonds is 2. The maximum absolute atomic E-state index is 4.87. The fourth-order valence-corrected chi connectivity index (χ4v) is 3.48. The number of fused-ring (bicyclic) bond motifs is 2. The van der Waals surface area contributed by atoms with E-state index in [2.05, 4.69) is 53.3 Å². The lowest BCUT2D eigenvalue weighted by Crippen LogP contribution is -1.94. The summed E-state index contributed by atoms with van der Waals surface area (Å²) in [5, 5.41) is 3.49. The van der Waals surface area contributed by atoms with Gasteiger partial charge in [-0.05, 0) is 41.5 Å². The van der Waals surface area contributed by atoms with Crippen LogP contribution in [0.3, 0.4) is 0 Å². The smallest absolute Gasteiger partial charge is 0.178 e. The summed E-state index contributed by atoms with van der Waals surface area (Å²) in [7, 11) is 0. The molecule has 0 amide bonds. The van der Waals surface area contributed by atoms with E-state index in [9.17, 15) is 0 Å². The Hall–Kier alpha value is -3.59. The van der Waals surface area contributed by atoms with Gasteiger partial charge in [0.2, 0.25) is 0 Å². The van der Waals surface area contributed by atoms with Crippen LogP contribution in [0.15, 0.2) is 85.1 Å². The van der Waals surface area contributed by atoms with Gasteiger partial charge in [-0.1, -0.05) is 60.7 Å². The summed E-state index contributed by atoms with van der Waals surface area (Å²) in [6.07, 6.45) is 1.85. The third-order valence-corrected chi connectivity index (χ3v) is 4.89. The van der Waals surface area contributed by atoms with Crippen molar-refractivity contribution in [2.24, 2.45) is 0 Å². The summed E-state index contributed by atoms with van der Waals surface area (Å²) in [5.41, 5.74) is 5.03. The highest BCUT2D eigenvalue weighted by atomic mass is 14.9. The van der Waals surface area contributed by atoms with Crippen molar-refractivity contribution >= 4 is 21.7 Å². The van der Waals surface area contributed by atoms with Gasteiger partial charge in [0.05, 0.1) is 11.2 Å². The molecule has 128 valence electrons. The Morgan fingerprint density at radius 1 is 0.630 bits per heavy atom. The molecule has 0 N–H and O–H groups in total.